The van der Waals surface area contributed by atoms with Crippen LogP contribution in [-0.4, -0.2) is 21.9 Å². The lowest BCUT2D eigenvalue weighted by Gasteiger charge is -2.35. The number of carbonyl (C=O) groups is 1. The topological polar surface area (TPSA) is 90.5 Å². The Morgan fingerprint density at radius 2 is 1.72 bits per heavy atom. The molecule has 1 unspecified atom stereocenters. The number of non-ortho nitro benzene ring substituents is 1. The highest BCUT2D eigenvalue weighted by Crippen LogP contribution is 2.49. The number of nitriles is 1. The average Bonchev–Trinajstić information content (AvgIpc) is 3.31. The van der Waals surface area contributed by atoms with Crippen molar-refractivity contribution in [1.82, 2.24) is 0 Å². The van der Waals surface area contributed by atoms with Crippen molar-refractivity contribution in [1.29, 1.82) is 5.26 Å². The Morgan fingerprint density at radius 3 is 2.25 bits per heavy atom. The first kappa shape index (κ1) is 22.0. The van der Waals surface area contributed by atoms with Crippen LogP contribution in [0.25, 0.3) is 0 Å². The van der Waals surface area contributed by atoms with E-state index in [-0.39, 0.29) is 17.3 Å². The number of hydrogen-bond donors (Lipinski definition) is 1. The van der Waals surface area contributed by atoms with Gasteiger partial charge in [0.05, 0.1) is 22.1 Å². The summed E-state index contributed by atoms with van der Waals surface area (Å²) < 4.78 is 40.5. The zero-order valence-corrected chi connectivity index (χ0v) is 17.4. The van der Waals surface area contributed by atoms with Crippen molar-refractivity contribution >= 4 is 35.6 Å². The number of halogens is 3. The van der Waals surface area contributed by atoms with E-state index in [4.69, 9.17) is 5.26 Å². The molecule has 1 saturated carbocycles. The number of anilines is 2. The monoisotopic (exact) mass is 462 g/mol. The van der Waals surface area contributed by atoms with Crippen molar-refractivity contribution < 1.29 is 22.9 Å². The quantitative estimate of drug-likeness (QED) is 0.400. The first-order chi connectivity index (χ1) is 15.1. The van der Waals surface area contributed by atoms with E-state index in [2.05, 4.69) is 12.6 Å². The molecule has 1 atom stereocenters. The molecule has 32 heavy (non-hydrogen) atoms. The summed E-state index contributed by atoms with van der Waals surface area (Å²) >= 11 is 4.59. The number of carbonyl (C=O) groups excluding carboxylic acids is 1. The minimum Gasteiger partial charge on any atom is -0.328 e. The van der Waals surface area contributed by atoms with Crippen molar-refractivity contribution in [3.63, 3.8) is 0 Å². The third-order valence-corrected chi connectivity index (χ3v) is 6.48. The van der Waals surface area contributed by atoms with Gasteiger partial charge >= 0.3 is 6.18 Å². The highest BCUT2D eigenvalue weighted by atomic mass is 32.1. The number of nitrogens with zero attached hydrogens (tertiary/aromatic N) is 4. The van der Waals surface area contributed by atoms with E-state index >= 15 is 0 Å². The predicted molar refractivity (Wildman–Crippen MR) is 113 cm³/mol. The Bertz CT molecular complexity index is 1120. The normalized spacial score (nSPS) is 20.1. The molecule has 166 valence electrons. The van der Waals surface area contributed by atoms with Crippen molar-refractivity contribution in [2.75, 3.05) is 9.80 Å². The molecule has 0 radical (unpaired) electrons. The van der Waals surface area contributed by atoms with Gasteiger partial charge in [-0.15, -0.1) is 12.6 Å². The van der Waals surface area contributed by atoms with E-state index in [0.29, 0.717) is 18.5 Å². The van der Waals surface area contributed by atoms with Gasteiger partial charge in [-0.25, -0.2) is 0 Å². The number of nitro groups is 1. The van der Waals surface area contributed by atoms with E-state index in [1.54, 1.807) is 4.90 Å². The number of alkyl halides is 3. The maximum Gasteiger partial charge on any atom is 0.417 e. The zero-order valence-electron chi connectivity index (χ0n) is 16.5. The van der Waals surface area contributed by atoms with Gasteiger partial charge in [0, 0.05) is 23.5 Å². The number of amides is 1. The van der Waals surface area contributed by atoms with Gasteiger partial charge in [-0.05, 0) is 43.2 Å². The number of nitro benzene ring substituents is 1. The minimum atomic E-state index is -4.76. The number of hydrogen-bond acceptors (Lipinski definition) is 6. The molecule has 0 N–H and O–H groups in total. The van der Waals surface area contributed by atoms with Crippen molar-refractivity contribution in [2.24, 2.45) is 0 Å². The lowest BCUT2D eigenvalue weighted by atomic mass is 9.94. The highest BCUT2D eigenvalue weighted by Gasteiger charge is 2.58. The molecular formula is C21H17F3N4O3S. The van der Waals surface area contributed by atoms with Gasteiger partial charge < -0.3 is 4.90 Å². The van der Waals surface area contributed by atoms with Crippen molar-refractivity contribution in [2.45, 2.75) is 42.9 Å². The van der Waals surface area contributed by atoms with Crippen molar-refractivity contribution in [3.05, 3.63) is 63.7 Å². The molecule has 1 aliphatic carbocycles. The summed E-state index contributed by atoms with van der Waals surface area (Å²) in [6, 6.07) is 10.3. The Morgan fingerprint density at radius 1 is 1.12 bits per heavy atom. The van der Waals surface area contributed by atoms with E-state index in [1.165, 1.54) is 41.3 Å². The first-order valence-corrected chi connectivity index (χ1v) is 10.3. The molecule has 2 aromatic rings. The molecule has 0 bridgehead atoms. The number of benzene rings is 2. The van der Waals surface area contributed by atoms with Gasteiger partial charge in [0.15, 0.2) is 5.50 Å². The molecule has 1 spiro atoms. The summed E-state index contributed by atoms with van der Waals surface area (Å²) in [4.78, 5) is 27.0. The third-order valence-electron chi connectivity index (χ3n) is 6.02. The van der Waals surface area contributed by atoms with Crippen LogP contribution in [0.2, 0.25) is 0 Å². The maximum absolute atomic E-state index is 13.6. The maximum atomic E-state index is 13.6. The lowest BCUT2D eigenvalue weighted by Crippen LogP contribution is -2.48. The first-order valence-electron chi connectivity index (χ1n) is 9.77. The van der Waals surface area contributed by atoms with Gasteiger partial charge in [-0.3, -0.25) is 19.8 Å². The fraction of sp³-hybridized carbons (Fsp3) is 0.333. The Hall–Kier alpha value is -3.26. The van der Waals surface area contributed by atoms with E-state index in [0.717, 1.165) is 25.0 Å². The molecule has 7 nitrogen and oxygen atoms in total. The molecular weight excluding hydrogens is 445 g/mol. The highest BCUT2D eigenvalue weighted by molar-refractivity contribution is 7.81. The zero-order chi connectivity index (χ0) is 23.3. The van der Waals surface area contributed by atoms with E-state index in [1.807, 2.05) is 0 Å². The lowest BCUT2D eigenvalue weighted by molar-refractivity contribution is -0.384. The summed E-state index contributed by atoms with van der Waals surface area (Å²) in [5.41, 5.74) is -3.22. The fourth-order valence-electron chi connectivity index (χ4n) is 4.56. The van der Waals surface area contributed by atoms with Gasteiger partial charge in [0.2, 0.25) is 0 Å². The second-order valence-corrected chi connectivity index (χ2v) is 8.21. The van der Waals surface area contributed by atoms with E-state index < -0.39 is 33.3 Å². The Labute approximate surface area is 186 Å². The molecule has 1 heterocycles. The molecule has 1 saturated heterocycles. The average molecular weight is 462 g/mol. The molecule has 1 aliphatic heterocycles. The fourth-order valence-corrected chi connectivity index (χ4v) is 5.16. The molecule has 4 rings (SSSR count). The summed E-state index contributed by atoms with van der Waals surface area (Å²) in [5.74, 6) is -0.383. The summed E-state index contributed by atoms with van der Waals surface area (Å²) in [5, 5.41) is 20.1. The van der Waals surface area contributed by atoms with Crippen LogP contribution in [0, 0.1) is 21.4 Å². The predicted octanol–water partition coefficient (Wildman–Crippen LogP) is 4.86. The van der Waals surface area contributed by atoms with Gasteiger partial charge in [-0.2, -0.15) is 18.4 Å². The summed E-state index contributed by atoms with van der Waals surface area (Å²) in [7, 11) is 0. The van der Waals surface area contributed by atoms with Gasteiger partial charge in [0.1, 0.15) is 5.54 Å². The van der Waals surface area contributed by atoms with Crippen LogP contribution in [0.1, 0.15) is 36.8 Å². The standard InChI is InChI=1S/C21H17F3N4O3S/c22-21(23,24)17-11-16(4-3-13(17)12-25)26-18(29)20(9-1-2-10-20)27(19(26)32)14-5-7-15(8-6-14)28(30)31/h3-8,11,19,32H,1-2,9-10H2. The Kier molecular flexibility index (Phi) is 5.29. The molecule has 11 heteroatoms. The van der Waals surface area contributed by atoms with Crippen LogP contribution < -0.4 is 9.80 Å². The molecule has 2 aromatic carbocycles. The molecule has 2 fully saturated rings. The summed E-state index contributed by atoms with van der Waals surface area (Å²) in [6.07, 6.45) is -2.29. The van der Waals surface area contributed by atoms with Crippen LogP contribution in [0.4, 0.5) is 30.2 Å². The molecule has 2 aliphatic rings. The SMILES string of the molecule is N#Cc1ccc(N2C(=O)C3(CCCC3)N(c3ccc([N+](=O)[O-])cc3)C2S)cc1C(F)(F)F. The number of rotatable bonds is 3. The van der Waals surface area contributed by atoms with Crippen LogP contribution in [-0.2, 0) is 11.0 Å². The van der Waals surface area contributed by atoms with E-state index in [9.17, 15) is 28.1 Å². The smallest absolute Gasteiger partial charge is 0.328 e. The Balaban J connectivity index is 1.81. The molecule has 1 amide bonds. The molecule has 0 aromatic heterocycles. The number of thiol groups is 1. The van der Waals surface area contributed by atoms with Crippen LogP contribution >= 0.6 is 12.6 Å². The van der Waals surface area contributed by atoms with Gasteiger partial charge in [-0.1, -0.05) is 12.8 Å². The minimum absolute atomic E-state index is 0.0167. The van der Waals surface area contributed by atoms with Crippen LogP contribution in [0.15, 0.2) is 42.5 Å². The van der Waals surface area contributed by atoms with Gasteiger partial charge in [0.25, 0.3) is 11.6 Å². The summed E-state index contributed by atoms with van der Waals surface area (Å²) in [6.45, 7) is 0. The third kappa shape index (κ3) is 3.35. The second-order valence-electron chi connectivity index (χ2n) is 7.74. The van der Waals surface area contributed by atoms with Crippen molar-refractivity contribution in [3.8, 4) is 6.07 Å². The largest absolute Gasteiger partial charge is 0.417 e. The van der Waals surface area contributed by atoms with Crippen LogP contribution in [0.5, 0.6) is 0 Å². The second kappa shape index (κ2) is 7.70. The van der Waals surface area contributed by atoms with Crippen LogP contribution in [0.3, 0.4) is 0 Å².